The van der Waals surface area contributed by atoms with E-state index in [1.807, 2.05) is 30.3 Å². The number of nitrogens with zero attached hydrogens (tertiary/aromatic N) is 1. The Bertz CT molecular complexity index is 1040. The van der Waals surface area contributed by atoms with Gasteiger partial charge in [-0.25, -0.2) is 4.79 Å². The first-order valence-electron chi connectivity index (χ1n) is 8.73. The largest absolute Gasteiger partial charge is 0.493 e. The predicted octanol–water partition coefficient (Wildman–Crippen LogP) is 5.07. The quantitative estimate of drug-likeness (QED) is 0.400. The topological polar surface area (TPSA) is 80.2 Å². The summed E-state index contributed by atoms with van der Waals surface area (Å²) in [6.07, 6.45) is 1.61. The Morgan fingerprint density at radius 1 is 1.10 bits per heavy atom. The molecule has 0 atom stereocenters. The number of anilines is 1. The molecule has 3 rings (SSSR count). The molecule has 0 aliphatic heterocycles. The van der Waals surface area contributed by atoms with Gasteiger partial charge in [0.25, 0.3) is 0 Å². The summed E-state index contributed by atoms with van der Waals surface area (Å²) in [5.41, 5.74) is 5.33. The number of hydrazone groups is 1. The lowest BCUT2D eigenvalue weighted by atomic mass is 10.2. The molecular formula is C22H19ClN2O4. The molecule has 0 amide bonds. The third kappa shape index (κ3) is 5.73. The molecule has 29 heavy (non-hydrogen) atoms. The summed E-state index contributed by atoms with van der Waals surface area (Å²) in [5.74, 6) is 0.186. The summed E-state index contributed by atoms with van der Waals surface area (Å²) in [6.45, 7) is 0.367. The van der Waals surface area contributed by atoms with Crippen molar-refractivity contribution in [1.82, 2.24) is 0 Å². The summed E-state index contributed by atoms with van der Waals surface area (Å²) in [7, 11) is 1.57. The number of aromatic carboxylic acids is 1. The van der Waals surface area contributed by atoms with Gasteiger partial charge in [-0.05, 0) is 59.7 Å². The highest BCUT2D eigenvalue weighted by Crippen LogP contribution is 2.28. The molecule has 0 fully saturated rings. The fourth-order valence-electron chi connectivity index (χ4n) is 2.57. The average Bonchev–Trinajstić information content (AvgIpc) is 2.73. The van der Waals surface area contributed by atoms with Crippen LogP contribution in [0.1, 0.15) is 21.5 Å². The number of hydrogen-bond donors (Lipinski definition) is 2. The number of hydrogen-bond acceptors (Lipinski definition) is 5. The SMILES string of the molecule is COc1cc(/C=N/Nc2cccc(C(=O)O)c2)ccc1OCc1cccc(Cl)c1. The lowest BCUT2D eigenvalue weighted by molar-refractivity contribution is 0.0697. The number of rotatable bonds is 8. The molecule has 0 bridgehead atoms. The number of benzene rings is 3. The first-order valence-corrected chi connectivity index (χ1v) is 9.10. The lowest BCUT2D eigenvalue weighted by Crippen LogP contribution is -1.99. The molecule has 0 unspecified atom stereocenters. The highest BCUT2D eigenvalue weighted by Gasteiger charge is 2.06. The molecule has 3 aromatic rings. The van der Waals surface area contributed by atoms with Crippen LogP contribution in [0, 0.1) is 0 Å². The third-order valence-electron chi connectivity index (χ3n) is 3.99. The van der Waals surface area contributed by atoms with Crippen molar-refractivity contribution < 1.29 is 19.4 Å². The molecule has 148 valence electrons. The monoisotopic (exact) mass is 410 g/mol. The van der Waals surface area contributed by atoms with Crippen LogP contribution >= 0.6 is 11.6 Å². The molecule has 6 nitrogen and oxygen atoms in total. The second kappa shape index (κ2) is 9.61. The van der Waals surface area contributed by atoms with Crippen LogP contribution in [0.4, 0.5) is 5.69 Å². The smallest absolute Gasteiger partial charge is 0.335 e. The van der Waals surface area contributed by atoms with Crippen molar-refractivity contribution in [3.05, 3.63) is 88.4 Å². The number of nitrogens with one attached hydrogen (secondary N) is 1. The van der Waals surface area contributed by atoms with E-state index in [1.165, 1.54) is 12.1 Å². The minimum Gasteiger partial charge on any atom is -0.493 e. The minimum atomic E-state index is -0.990. The maximum absolute atomic E-state index is 11.0. The summed E-state index contributed by atoms with van der Waals surface area (Å²) in [6, 6.07) is 19.3. The zero-order chi connectivity index (χ0) is 20.6. The van der Waals surface area contributed by atoms with Crippen molar-refractivity contribution in [3.8, 4) is 11.5 Å². The first-order chi connectivity index (χ1) is 14.0. The average molecular weight is 411 g/mol. The van der Waals surface area contributed by atoms with Gasteiger partial charge in [-0.2, -0.15) is 5.10 Å². The van der Waals surface area contributed by atoms with E-state index in [4.69, 9.17) is 26.2 Å². The van der Waals surface area contributed by atoms with Crippen molar-refractivity contribution in [3.63, 3.8) is 0 Å². The van der Waals surface area contributed by atoms with Crippen molar-refractivity contribution in [2.24, 2.45) is 5.10 Å². The Hall–Kier alpha value is -3.51. The zero-order valence-corrected chi connectivity index (χ0v) is 16.4. The van der Waals surface area contributed by atoms with Crippen molar-refractivity contribution in [2.45, 2.75) is 6.61 Å². The number of carboxylic acids is 1. The highest BCUT2D eigenvalue weighted by atomic mass is 35.5. The van der Waals surface area contributed by atoms with E-state index in [2.05, 4.69) is 10.5 Å². The normalized spacial score (nSPS) is 10.7. The molecule has 0 heterocycles. The van der Waals surface area contributed by atoms with Gasteiger partial charge in [0.1, 0.15) is 6.61 Å². The van der Waals surface area contributed by atoms with Crippen molar-refractivity contribution in [2.75, 3.05) is 12.5 Å². The van der Waals surface area contributed by atoms with Crippen LogP contribution in [-0.4, -0.2) is 24.4 Å². The minimum absolute atomic E-state index is 0.188. The maximum Gasteiger partial charge on any atom is 0.335 e. The van der Waals surface area contributed by atoms with Crippen LogP contribution < -0.4 is 14.9 Å². The number of carboxylic acid groups (broad SMARTS) is 1. The van der Waals surface area contributed by atoms with E-state index >= 15 is 0 Å². The molecule has 0 spiro atoms. The fraction of sp³-hybridized carbons (Fsp3) is 0.0909. The summed E-state index contributed by atoms with van der Waals surface area (Å²) in [5, 5.41) is 13.8. The predicted molar refractivity (Wildman–Crippen MR) is 113 cm³/mol. The Balaban J connectivity index is 1.65. The third-order valence-corrected chi connectivity index (χ3v) is 4.22. The number of ether oxygens (including phenoxy) is 2. The van der Waals surface area contributed by atoms with Crippen LogP contribution in [0.2, 0.25) is 5.02 Å². The molecule has 0 aromatic heterocycles. The van der Waals surface area contributed by atoms with Crippen LogP contribution in [0.15, 0.2) is 71.8 Å². The van der Waals surface area contributed by atoms with Crippen molar-refractivity contribution >= 4 is 29.5 Å². The van der Waals surface area contributed by atoms with E-state index in [1.54, 1.807) is 37.6 Å². The second-order valence-corrected chi connectivity index (χ2v) is 6.52. The van der Waals surface area contributed by atoms with E-state index < -0.39 is 5.97 Å². The molecule has 0 aliphatic rings. The van der Waals surface area contributed by atoms with Gasteiger partial charge >= 0.3 is 5.97 Å². The molecule has 7 heteroatoms. The standard InChI is InChI=1S/C22H19ClN2O4/c1-28-21-11-15(13-24-25-19-7-3-5-17(12-19)22(26)27)8-9-20(21)29-14-16-4-2-6-18(23)10-16/h2-13,25H,14H2,1H3,(H,26,27)/b24-13+. The highest BCUT2D eigenvalue weighted by molar-refractivity contribution is 6.30. The van der Waals surface area contributed by atoms with Crippen LogP contribution in [0.3, 0.4) is 0 Å². The van der Waals surface area contributed by atoms with Gasteiger partial charge in [0.15, 0.2) is 11.5 Å². The molecule has 2 N–H and O–H groups in total. The van der Waals surface area contributed by atoms with Crippen LogP contribution in [-0.2, 0) is 6.61 Å². The molecular weight excluding hydrogens is 392 g/mol. The fourth-order valence-corrected chi connectivity index (χ4v) is 2.79. The summed E-state index contributed by atoms with van der Waals surface area (Å²) < 4.78 is 11.2. The van der Waals surface area contributed by atoms with Crippen LogP contribution in [0.25, 0.3) is 0 Å². The molecule has 0 aliphatic carbocycles. The summed E-state index contributed by atoms with van der Waals surface area (Å²) >= 11 is 5.99. The van der Waals surface area contributed by atoms with Gasteiger partial charge in [-0.15, -0.1) is 0 Å². The van der Waals surface area contributed by atoms with Crippen molar-refractivity contribution in [1.29, 1.82) is 0 Å². The lowest BCUT2D eigenvalue weighted by Gasteiger charge is -2.11. The Kier molecular flexibility index (Phi) is 6.71. The van der Waals surface area contributed by atoms with Gasteiger partial charge in [0.2, 0.25) is 0 Å². The number of halogens is 1. The van der Waals surface area contributed by atoms with E-state index in [0.717, 1.165) is 11.1 Å². The van der Waals surface area contributed by atoms with Gasteiger partial charge in [-0.1, -0.05) is 29.8 Å². The molecule has 0 saturated carbocycles. The zero-order valence-electron chi connectivity index (χ0n) is 15.6. The maximum atomic E-state index is 11.0. The Labute approximate surface area is 173 Å². The van der Waals surface area contributed by atoms with Gasteiger partial charge < -0.3 is 14.6 Å². The Morgan fingerprint density at radius 2 is 1.93 bits per heavy atom. The molecule has 0 radical (unpaired) electrons. The van der Waals surface area contributed by atoms with Gasteiger partial charge in [-0.3, -0.25) is 5.43 Å². The summed E-state index contributed by atoms with van der Waals surface area (Å²) in [4.78, 5) is 11.0. The van der Waals surface area contributed by atoms with E-state index in [0.29, 0.717) is 28.8 Å². The van der Waals surface area contributed by atoms with Gasteiger partial charge in [0.05, 0.1) is 24.6 Å². The first kappa shape index (κ1) is 20.2. The molecule has 0 saturated heterocycles. The molecule has 3 aromatic carbocycles. The Morgan fingerprint density at radius 3 is 2.69 bits per heavy atom. The van der Waals surface area contributed by atoms with Gasteiger partial charge in [0, 0.05) is 5.02 Å². The van der Waals surface area contributed by atoms with E-state index in [-0.39, 0.29) is 5.56 Å². The number of carbonyl (C=O) groups is 1. The van der Waals surface area contributed by atoms with Crippen LogP contribution in [0.5, 0.6) is 11.5 Å². The van der Waals surface area contributed by atoms with E-state index in [9.17, 15) is 4.79 Å². The number of methoxy groups -OCH3 is 1. The second-order valence-electron chi connectivity index (χ2n) is 6.08.